The fourth-order valence-corrected chi connectivity index (χ4v) is 2.21. The molecule has 2 rings (SSSR count). The van der Waals surface area contributed by atoms with E-state index < -0.39 is 0 Å². The van der Waals surface area contributed by atoms with Crippen molar-refractivity contribution in [1.82, 2.24) is 4.98 Å². The number of anilines is 1. The van der Waals surface area contributed by atoms with Gasteiger partial charge in [-0.05, 0) is 25.0 Å². The average Bonchev–Trinajstić information content (AvgIpc) is 2.39. The molecule has 92 valence electrons. The van der Waals surface area contributed by atoms with E-state index in [9.17, 15) is 0 Å². The van der Waals surface area contributed by atoms with Gasteiger partial charge < -0.3 is 15.4 Å². The fraction of sp³-hybridized carbons (Fsp3) is 0.500. The van der Waals surface area contributed by atoms with Gasteiger partial charge in [-0.1, -0.05) is 12.2 Å². The summed E-state index contributed by atoms with van der Waals surface area (Å²) in [6.45, 7) is 2.00. The van der Waals surface area contributed by atoms with Gasteiger partial charge in [-0.25, -0.2) is 0 Å². The molecular formula is C12H17N3OS. The Morgan fingerprint density at radius 1 is 1.53 bits per heavy atom. The highest BCUT2D eigenvalue weighted by Gasteiger charge is 2.19. The van der Waals surface area contributed by atoms with E-state index in [1.54, 1.807) is 13.3 Å². The number of hydrogen-bond acceptors (Lipinski definition) is 4. The van der Waals surface area contributed by atoms with Gasteiger partial charge >= 0.3 is 0 Å². The maximum absolute atomic E-state index is 5.59. The van der Waals surface area contributed by atoms with Crippen LogP contribution >= 0.6 is 12.2 Å². The highest BCUT2D eigenvalue weighted by atomic mass is 32.1. The van der Waals surface area contributed by atoms with Crippen molar-refractivity contribution in [3.05, 3.63) is 24.0 Å². The van der Waals surface area contributed by atoms with Crippen LogP contribution in [-0.2, 0) is 4.74 Å². The minimum absolute atomic E-state index is 0.346. The molecule has 1 fully saturated rings. The van der Waals surface area contributed by atoms with Crippen LogP contribution in [-0.4, -0.2) is 36.3 Å². The summed E-state index contributed by atoms with van der Waals surface area (Å²) < 4.78 is 5.36. The molecule has 0 saturated carbocycles. The van der Waals surface area contributed by atoms with Gasteiger partial charge in [-0.15, -0.1) is 0 Å². The van der Waals surface area contributed by atoms with Crippen molar-refractivity contribution in [3.63, 3.8) is 0 Å². The van der Waals surface area contributed by atoms with Gasteiger partial charge in [0, 0.05) is 32.1 Å². The largest absolute Gasteiger partial charge is 0.388 e. The van der Waals surface area contributed by atoms with Gasteiger partial charge in [0.25, 0.3) is 0 Å². The number of ether oxygens (including phenoxy) is 1. The van der Waals surface area contributed by atoms with Crippen LogP contribution < -0.4 is 10.6 Å². The number of piperidine rings is 1. The fourth-order valence-electron chi connectivity index (χ4n) is 2.10. The Balaban J connectivity index is 2.08. The van der Waals surface area contributed by atoms with Crippen LogP contribution in [0, 0.1) is 0 Å². The zero-order valence-electron chi connectivity index (χ0n) is 9.93. The van der Waals surface area contributed by atoms with Crippen molar-refractivity contribution in [3.8, 4) is 0 Å². The van der Waals surface area contributed by atoms with Gasteiger partial charge in [0.15, 0.2) is 0 Å². The number of methoxy groups -OCH3 is 1. The molecule has 4 nitrogen and oxygen atoms in total. The lowest BCUT2D eigenvalue weighted by Crippen LogP contribution is -2.36. The number of hydrogen-bond donors (Lipinski definition) is 1. The minimum atomic E-state index is 0.346. The lowest BCUT2D eigenvalue weighted by molar-refractivity contribution is 0.0819. The molecule has 2 N–H and O–H groups in total. The monoisotopic (exact) mass is 251 g/mol. The number of thiocarbonyl (C=S) groups is 1. The zero-order chi connectivity index (χ0) is 12.3. The molecule has 0 aromatic carbocycles. The first-order valence-corrected chi connectivity index (χ1v) is 6.15. The van der Waals surface area contributed by atoms with Crippen molar-refractivity contribution >= 4 is 22.9 Å². The summed E-state index contributed by atoms with van der Waals surface area (Å²) in [7, 11) is 1.78. The number of nitrogens with two attached hydrogens (primary N) is 1. The van der Waals surface area contributed by atoms with Crippen molar-refractivity contribution in [1.29, 1.82) is 0 Å². The normalized spacial score (nSPS) is 17.1. The van der Waals surface area contributed by atoms with E-state index in [1.807, 2.05) is 12.1 Å². The Bertz CT molecular complexity index is 402. The van der Waals surface area contributed by atoms with Crippen LogP contribution in [0.2, 0.25) is 0 Å². The van der Waals surface area contributed by atoms with E-state index in [2.05, 4.69) is 9.88 Å². The Kier molecular flexibility index (Phi) is 3.91. The standard InChI is InChI=1S/C12H17N3OS/c1-16-10-3-6-15(7-4-10)9-2-5-14-11(8-9)12(13)17/h2,5,8,10H,3-4,6-7H2,1H3,(H2,13,17). The number of pyridine rings is 1. The Morgan fingerprint density at radius 2 is 2.24 bits per heavy atom. The lowest BCUT2D eigenvalue weighted by Gasteiger charge is -2.33. The number of rotatable bonds is 3. The van der Waals surface area contributed by atoms with E-state index in [-0.39, 0.29) is 0 Å². The molecule has 5 heteroatoms. The summed E-state index contributed by atoms with van der Waals surface area (Å²) in [5, 5.41) is 0. The van der Waals surface area contributed by atoms with Crippen LogP contribution in [0.25, 0.3) is 0 Å². The molecular weight excluding hydrogens is 234 g/mol. The third-order valence-electron chi connectivity index (χ3n) is 3.14. The van der Waals surface area contributed by atoms with Crippen molar-refractivity contribution < 1.29 is 4.74 Å². The van der Waals surface area contributed by atoms with Gasteiger partial charge in [0.05, 0.1) is 11.8 Å². The molecule has 0 aliphatic carbocycles. The molecule has 0 bridgehead atoms. The molecule has 17 heavy (non-hydrogen) atoms. The molecule has 1 aromatic rings. The van der Waals surface area contributed by atoms with Gasteiger partial charge in [-0.2, -0.15) is 0 Å². The predicted octanol–water partition coefficient (Wildman–Crippen LogP) is 1.33. The number of nitrogens with zero attached hydrogens (tertiary/aromatic N) is 2. The SMILES string of the molecule is COC1CCN(c2ccnc(C(N)=S)c2)CC1. The summed E-state index contributed by atoms with van der Waals surface area (Å²) in [4.78, 5) is 6.81. The maximum atomic E-state index is 5.59. The second kappa shape index (κ2) is 5.42. The van der Waals surface area contributed by atoms with Crippen molar-refractivity contribution in [2.75, 3.05) is 25.1 Å². The van der Waals surface area contributed by atoms with Gasteiger partial charge in [0.1, 0.15) is 4.99 Å². The van der Waals surface area contributed by atoms with Gasteiger partial charge in [-0.3, -0.25) is 4.98 Å². The molecule has 1 saturated heterocycles. The van der Waals surface area contributed by atoms with E-state index in [4.69, 9.17) is 22.7 Å². The Morgan fingerprint density at radius 3 is 2.82 bits per heavy atom. The lowest BCUT2D eigenvalue weighted by atomic mass is 10.1. The maximum Gasteiger partial charge on any atom is 0.122 e. The molecule has 1 aromatic heterocycles. The van der Waals surface area contributed by atoms with E-state index in [0.29, 0.717) is 16.8 Å². The second-order valence-corrected chi connectivity index (χ2v) is 4.63. The first kappa shape index (κ1) is 12.3. The molecule has 0 atom stereocenters. The van der Waals surface area contributed by atoms with Crippen LogP contribution in [0.3, 0.4) is 0 Å². The van der Waals surface area contributed by atoms with Gasteiger partial charge in [0.2, 0.25) is 0 Å². The average molecular weight is 251 g/mol. The second-order valence-electron chi connectivity index (χ2n) is 4.19. The third kappa shape index (κ3) is 2.92. The van der Waals surface area contributed by atoms with E-state index in [0.717, 1.165) is 31.6 Å². The van der Waals surface area contributed by atoms with Crippen LogP contribution in [0.4, 0.5) is 5.69 Å². The molecule has 1 aliphatic rings. The van der Waals surface area contributed by atoms with Crippen LogP contribution in [0.5, 0.6) is 0 Å². The van der Waals surface area contributed by atoms with E-state index in [1.165, 1.54) is 0 Å². The van der Waals surface area contributed by atoms with Crippen LogP contribution in [0.15, 0.2) is 18.3 Å². The highest BCUT2D eigenvalue weighted by molar-refractivity contribution is 7.80. The predicted molar refractivity (Wildman–Crippen MR) is 72.4 cm³/mol. The third-order valence-corrected chi connectivity index (χ3v) is 3.35. The molecule has 0 unspecified atom stereocenters. The zero-order valence-corrected chi connectivity index (χ0v) is 10.7. The summed E-state index contributed by atoms with van der Waals surface area (Å²) in [5.41, 5.74) is 7.41. The first-order chi connectivity index (χ1) is 8.20. The molecule has 1 aliphatic heterocycles. The van der Waals surface area contributed by atoms with E-state index >= 15 is 0 Å². The van der Waals surface area contributed by atoms with Crippen LogP contribution in [0.1, 0.15) is 18.5 Å². The molecule has 0 spiro atoms. The quantitative estimate of drug-likeness (QED) is 0.821. The molecule has 0 amide bonds. The summed E-state index contributed by atoms with van der Waals surface area (Å²) >= 11 is 4.94. The molecule has 0 radical (unpaired) electrons. The Hall–Kier alpha value is -1.20. The smallest absolute Gasteiger partial charge is 0.122 e. The van der Waals surface area contributed by atoms with Crippen molar-refractivity contribution in [2.45, 2.75) is 18.9 Å². The molecule has 2 heterocycles. The van der Waals surface area contributed by atoms with Crippen molar-refractivity contribution in [2.24, 2.45) is 5.73 Å². The number of aromatic nitrogens is 1. The summed E-state index contributed by atoms with van der Waals surface area (Å²) in [5.74, 6) is 0. The topological polar surface area (TPSA) is 51.4 Å². The summed E-state index contributed by atoms with van der Waals surface area (Å²) in [6, 6.07) is 3.95. The summed E-state index contributed by atoms with van der Waals surface area (Å²) in [6.07, 6.45) is 4.26. The first-order valence-electron chi connectivity index (χ1n) is 5.74. The minimum Gasteiger partial charge on any atom is -0.388 e. The highest BCUT2D eigenvalue weighted by Crippen LogP contribution is 2.21. The Labute approximate surface area is 107 Å².